The number of ether oxygens (including phenoxy) is 3. The number of unbranched alkanes of at least 4 members (excludes halogenated alkanes) is 1. The van der Waals surface area contributed by atoms with Crippen molar-refractivity contribution < 1.29 is 24.3 Å². The number of aliphatic hydroxyl groups excluding tert-OH is 1. The Hall–Kier alpha value is -4.21. The summed E-state index contributed by atoms with van der Waals surface area (Å²) in [5, 5.41) is 17.7. The van der Waals surface area contributed by atoms with Crippen molar-refractivity contribution in [2.45, 2.75) is 19.8 Å². The second-order valence-electron chi connectivity index (χ2n) is 7.91. The number of nitrogens with zero attached hydrogens (tertiary/aromatic N) is 3. The first-order chi connectivity index (χ1) is 16.7. The predicted molar refractivity (Wildman–Crippen MR) is 130 cm³/mol. The maximum atomic E-state index is 9.89. The molecule has 0 fully saturated rings. The second kappa shape index (κ2) is 9.74. The van der Waals surface area contributed by atoms with Crippen LogP contribution in [0.2, 0.25) is 0 Å². The first-order valence-corrected chi connectivity index (χ1v) is 11.3. The second-order valence-corrected chi connectivity index (χ2v) is 7.91. The van der Waals surface area contributed by atoms with Crippen LogP contribution in [0.3, 0.4) is 0 Å². The van der Waals surface area contributed by atoms with Crippen LogP contribution in [0.4, 0.5) is 11.4 Å². The standard InChI is InChI=1S/C24H26N6O4/c1-16-15-27-29-23-22(25-9-5-6-10-26-24(31)34-17-7-3-2-4-8-17)28-18-13-20-21(33-12-11-32-20)14-19(18)30(16)23/h2-4,7-8,13-15,27H,5-6,9-12H2,1H3,(H,25,28)(H,26,31)/p+1. The van der Waals surface area contributed by atoms with Gasteiger partial charge in [0.15, 0.2) is 17.3 Å². The van der Waals surface area contributed by atoms with Crippen molar-refractivity contribution in [2.24, 2.45) is 10.1 Å². The van der Waals surface area contributed by atoms with Gasteiger partial charge < -0.3 is 24.6 Å². The van der Waals surface area contributed by atoms with Crippen LogP contribution >= 0.6 is 0 Å². The number of rotatable bonds is 6. The van der Waals surface area contributed by atoms with Gasteiger partial charge in [-0.1, -0.05) is 18.2 Å². The molecule has 0 saturated heterocycles. The average Bonchev–Trinajstić information content (AvgIpc) is 2.85. The van der Waals surface area contributed by atoms with Crippen molar-refractivity contribution in [1.82, 2.24) is 5.43 Å². The van der Waals surface area contributed by atoms with Gasteiger partial charge in [-0.2, -0.15) is 10.1 Å². The van der Waals surface area contributed by atoms with E-state index in [1.807, 2.05) is 43.5 Å². The number of hydrogen-bond acceptors (Lipinski definition) is 7. The molecule has 34 heavy (non-hydrogen) atoms. The van der Waals surface area contributed by atoms with Crippen LogP contribution in [0, 0.1) is 0 Å². The summed E-state index contributed by atoms with van der Waals surface area (Å²) in [7, 11) is 0. The Morgan fingerprint density at radius 2 is 1.97 bits per heavy atom. The molecule has 10 heteroatoms. The quantitative estimate of drug-likeness (QED) is 0.293. The Bertz CT molecular complexity index is 1180. The number of anilines is 2. The lowest BCUT2D eigenvalue weighted by Gasteiger charge is -2.36. The van der Waals surface area contributed by atoms with Gasteiger partial charge in [-0.05, 0) is 25.5 Å². The van der Waals surface area contributed by atoms with Crippen molar-refractivity contribution in [2.75, 3.05) is 36.5 Å². The van der Waals surface area contributed by atoms with E-state index < -0.39 is 0 Å². The maximum absolute atomic E-state index is 9.89. The molecule has 0 saturated carbocycles. The topological polar surface area (TPSA) is 114 Å². The molecule has 10 nitrogen and oxygen atoms in total. The zero-order valence-corrected chi connectivity index (χ0v) is 18.9. The normalized spacial score (nSPS) is 17.6. The fourth-order valence-corrected chi connectivity index (χ4v) is 3.85. The summed E-state index contributed by atoms with van der Waals surface area (Å²) in [4.78, 5) is 9.69. The van der Waals surface area contributed by atoms with E-state index in [9.17, 15) is 5.11 Å². The molecule has 3 heterocycles. The minimum Gasteiger partial charge on any atom is -0.486 e. The number of aliphatic imine (C=N–C) groups is 1. The lowest BCUT2D eigenvalue weighted by Crippen LogP contribution is -2.74. The molecule has 176 valence electrons. The van der Waals surface area contributed by atoms with Gasteiger partial charge in [-0.15, -0.1) is 0 Å². The fraction of sp³-hybridized carbons (Fsp3) is 0.292. The third-order valence-electron chi connectivity index (χ3n) is 5.46. The SMILES string of the molecule is CC1=CNN=C2C(=NCCCC[NH+]=C(O)Oc3ccccc3)Nc3cc4c(cc3N12)OCCO4. The van der Waals surface area contributed by atoms with E-state index in [2.05, 4.69) is 25.7 Å². The summed E-state index contributed by atoms with van der Waals surface area (Å²) < 4.78 is 16.8. The van der Waals surface area contributed by atoms with Crippen molar-refractivity contribution >= 4 is 29.1 Å². The number of benzene rings is 2. The lowest BCUT2D eigenvalue weighted by molar-refractivity contribution is -0.476. The van der Waals surface area contributed by atoms with E-state index >= 15 is 0 Å². The number of nitrogens with one attached hydrogen (secondary N) is 3. The van der Waals surface area contributed by atoms with Gasteiger partial charge >= 0.3 is 6.08 Å². The van der Waals surface area contributed by atoms with Crippen LogP contribution in [-0.2, 0) is 0 Å². The Labute approximate surface area is 197 Å². The van der Waals surface area contributed by atoms with Gasteiger partial charge in [0, 0.05) is 37.0 Å². The highest BCUT2D eigenvalue weighted by molar-refractivity contribution is 6.52. The Morgan fingerprint density at radius 1 is 1.18 bits per heavy atom. The summed E-state index contributed by atoms with van der Waals surface area (Å²) in [6.45, 7) is 4.24. The van der Waals surface area contributed by atoms with E-state index in [4.69, 9.17) is 19.2 Å². The Kier molecular flexibility index (Phi) is 6.19. The number of aliphatic hydroxyl groups is 1. The van der Waals surface area contributed by atoms with Gasteiger partial charge in [-0.3, -0.25) is 15.3 Å². The van der Waals surface area contributed by atoms with E-state index in [0.717, 1.165) is 35.7 Å². The number of hydrazone groups is 1. The van der Waals surface area contributed by atoms with Crippen molar-refractivity contribution in [3.05, 3.63) is 54.4 Å². The molecular formula is C24H27N6O4+. The van der Waals surface area contributed by atoms with Crippen LogP contribution in [0.1, 0.15) is 19.8 Å². The molecule has 2 aromatic carbocycles. The summed E-state index contributed by atoms with van der Waals surface area (Å²) in [6, 6.07) is 13.1. The van der Waals surface area contributed by atoms with E-state index in [1.165, 1.54) is 0 Å². The minimum absolute atomic E-state index is 0.210. The summed E-state index contributed by atoms with van der Waals surface area (Å²) in [6.07, 6.45) is 3.26. The fourth-order valence-electron chi connectivity index (χ4n) is 3.85. The van der Waals surface area contributed by atoms with Gasteiger partial charge in [0.1, 0.15) is 25.5 Å². The number of fused-ring (bicyclic) bond motifs is 4. The highest BCUT2D eigenvalue weighted by Crippen LogP contribution is 2.43. The number of allylic oxidation sites excluding steroid dienone is 1. The monoisotopic (exact) mass is 463 g/mol. The Balaban J connectivity index is 1.23. The largest absolute Gasteiger partial charge is 0.550 e. The van der Waals surface area contributed by atoms with E-state index in [0.29, 0.717) is 49.5 Å². The van der Waals surface area contributed by atoms with Crippen molar-refractivity contribution in [3.63, 3.8) is 0 Å². The average molecular weight is 464 g/mol. The van der Waals surface area contributed by atoms with Gasteiger partial charge in [0.2, 0.25) is 5.84 Å². The van der Waals surface area contributed by atoms with Crippen molar-refractivity contribution in [3.8, 4) is 17.2 Å². The van der Waals surface area contributed by atoms with E-state index in [1.54, 1.807) is 12.1 Å². The maximum Gasteiger partial charge on any atom is 0.550 e. The lowest BCUT2D eigenvalue weighted by atomic mass is 10.1. The molecule has 3 aliphatic rings. The molecule has 2 aromatic rings. The van der Waals surface area contributed by atoms with Gasteiger partial charge in [-0.25, -0.2) is 0 Å². The number of amidine groups is 2. The molecule has 4 N–H and O–H groups in total. The molecule has 0 amide bonds. The molecule has 0 radical (unpaired) electrons. The first kappa shape index (κ1) is 21.6. The highest BCUT2D eigenvalue weighted by Gasteiger charge is 2.32. The smallest absolute Gasteiger partial charge is 0.486 e. The molecule has 0 atom stereocenters. The van der Waals surface area contributed by atoms with Crippen LogP contribution in [0.25, 0.3) is 0 Å². The summed E-state index contributed by atoms with van der Waals surface area (Å²) in [5.74, 6) is 3.40. The van der Waals surface area contributed by atoms with Crippen LogP contribution in [-0.4, -0.2) is 49.2 Å². The van der Waals surface area contributed by atoms with Crippen molar-refractivity contribution in [1.29, 1.82) is 0 Å². The first-order valence-electron chi connectivity index (χ1n) is 11.3. The Morgan fingerprint density at radius 3 is 2.79 bits per heavy atom. The molecule has 3 aliphatic heterocycles. The molecule has 0 bridgehead atoms. The van der Waals surface area contributed by atoms with Gasteiger partial charge in [0.25, 0.3) is 0 Å². The molecule has 0 aliphatic carbocycles. The summed E-state index contributed by atoms with van der Waals surface area (Å²) in [5.41, 5.74) is 5.77. The van der Waals surface area contributed by atoms with E-state index in [-0.39, 0.29) is 6.08 Å². The third kappa shape index (κ3) is 4.61. The molecule has 5 rings (SSSR count). The zero-order chi connectivity index (χ0) is 23.3. The van der Waals surface area contributed by atoms with Crippen LogP contribution in [0.5, 0.6) is 17.2 Å². The van der Waals surface area contributed by atoms with Crippen LogP contribution in [0.15, 0.2) is 64.5 Å². The molecular weight excluding hydrogens is 436 g/mol. The van der Waals surface area contributed by atoms with Crippen LogP contribution < -0.4 is 34.8 Å². The predicted octanol–water partition coefficient (Wildman–Crippen LogP) is 1.72. The number of para-hydroxylation sites is 1. The molecule has 0 aromatic heterocycles. The van der Waals surface area contributed by atoms with Gasteiger partial charge in [0.05, 0.1) is 11.4 Å². The molecule has 0 spiro atoms. The molecule has 0 unspecified atom stereocenters. The number of hydrogen-bond donors (Lipinski definition) is 4. The summed E-state index contributed by atoms with van der Waals surface area (Å²) >= 11 is 0. The third-order valence-corrected chi connectivity index (χ3v) is 5.46. The zero-order valence-electron chi connectivity index (χ0n) is 18.9. The minimum atomic E-state index is -0.210. The highest BCUT2D eigenvalue weighted by atomic mass is 16.6.